The zero-order valence-corrected chi connectivity index (χ0v) is 13.9. The summed E-state index contributed by atoms with van der Waals surface area (Å²) < 4.78 is 11.5. The molecule has 122 valence electrons. The Kier molecular flexibility index (Phi) is 5.40. The number of nitrogens with zero attached hydrogens (tertiary/aromatic N) is 2. The lowest BCUT2D eigenvalue weighted by Crippen LogP contribution is -2.45. The molecular weight excluding hydrogens is 280 g/mol. The Hall–Kier alpha value is -1.62. The lowest BCUT2D eigenvalue weighted by Gasteiger charge is -2.35. The third kappa shape index (κ3) is 4.98. The largest absolute Gasteiger partial charge is 0.444 e. The molecule has 0 aliphatic carbocycles. The van der Waals surface area contributed by atoms with Gasteiger partial charge < -0.3 is 14.4 Å². The predicted molar refractivity (Wildman–Crippen MR) is 84.6 cm³/mol. The van der Waals surface area contributed by atoms with Crippen LogP contribution in [0.1, 0.15) is 52.3 Å². The van der Waals surface area contributed by atoms with Gasteiger partial charge in [0.2, 0.25) is 0 Å². The topological polar surface area (TPSA) is 51.7 Å². The van der Waals surface area contributed by atoms with E-state index < -0.39 is 5.60 Å². The van der Waals surface area contributed by atoms with Gasteiger partial charge in [-0.05, 0) is 52.7 Å². The zero-order chi connectivity index (χ0) is 16.2. The van der Waals surface area contributed by atoms with Gasteiger partial charge in [0.05, 0.1) is 24.4 Å². The molecule has 1 aromatic rings. The molecule has 2 heterocycles. The molecule has 2 rings (SSSR count). The molecular formula is C17H26N2O3. The normalized spacial score (nSPS) is 20.5. The van der Waals surface area contributed by atoms with Crippen LogP contribution in [-0.2, 0) is 9.47 Å². The molecule has 1 aromatic heterocycles. The zero-order valence-electron chi connectivity index (χ0n) is 13.9. The van der Waals surface area contributed by atoms with Gasteiger partial charge >= 0.3 is 6.09 Å². The van der Waals surface area contributed by atoms with Crippen LogP contribution in [0.2, 0.25) is 0 Å². The fourth-order valence-corrected chi connectivity index (χ4v) is 2.52. The summed E-state index contributed by atoms with van der Waals surface area (Å²) >= 11 is 0. The molecule has 0 aromatic carbocycles. The lowest BCUT2D eigenvalue weighted by atomic mass is 10.1. The van der Waals surface area contributed by atoms with Gasteiger partial charge in [-0.2, -0.15) is 0 Å². The maximum Gasteiger partial charge on any atom is 0.410 e. The van der Waals surface area contributed by atoms with E-state index in [0.29, 0.717) is 6.54 Å². The van der Waals surface area contributed by atoms with Crippen molar-refractivity contribution in [1.82, 2.24) is 9.88 Å². The number of hydrogen-bond acceptors (Lipinski definition) is 4. The average Bonchev–Trinajstić information content (AvgIpc) is 2.46. The number of hydrogen-bond donors (Lipinski definition) is 0. The Morgan fingerprint density at radius 2 is 2.18 bits per heavy atom. The molecule has 1 amide bonds. The summed E-state index contributed by atoms with van der Waals surface area (Å²) in [7, 11) is 0. The maximum atomic E-state index is 12.2. The first-order valence-electron chi connectivity index (χ1n) is 7.89. The molecule has 0 unspecified atom stereocenters. The Morgan fingerprint density at radius 3 is 2.82 bits per heavy atom. The van der Waals surface area contributed by atoms with Crippen LogP contribution in [0.15, 0.2) is 24.4 Å². The van der Waals surface area contributed by atoms with Crippen LogP contribution in [0, 0.1) is 0 Å². The highest BCUT2D eigenvalue weighted by molar-refractivity contribution is 5.68. The minimum Gasteiger partial charge on any atom is -0.444 e. The fourth-order valence-electron chi connectivity index (χ4n) is 2.52. The number of carbonyl (C=O) groups excluding carboxylic acids is 1. The highest BCUT2D eigenvalue weighted by Crippen LogP contribution is 2.22. The SMILES string of the molecule is C[C@H](O[C@H]1CCCN(C(=O)OC(C)(C)C)C1)c1ccccn1. The number of carbonyl (C=O) groups is 1. The van der Waals surface area contributed by atoms with E-state index in [2.05, 4.69) is 4.98 Å². The van der Waals surface area contributed by atoms with Crippen molar-refractivity contribution in [3.05, 3.63) is 30.1 Å². The van der Waals surface area contributed by atoms with Crippen LogP contribution in [0.4, 0.5) is 4.79 Å². The van der Waals surface area contributed by atoms with Crippen LogP contribution < -0.4 is 0 Å². The third-order valence-electron chi connectivity index (χ3n) is 3.53. The maximum absolute atomic E-state index is 12.2. The Morgan fingerprint density at radius 1 is 1.41 bits per heavy atom. The van der Waals surface area contributed by atoms with Gasteiger partial charge in [0, 0.05) is 12.7 Å². The Bertz CT molecular complexity index is 484. The van der Waals surface area contributed by atoms with E-state index in [1.54, 1.807) is 11.1 Å². The van der Waals surface area contributed by atoms with E-state index in [9.17, 15) is 4.79 Å². The van der Waals surface area contributed by atoms with Gasteiger partial charge in [-0.15, -0.1) is 0 Å². The number of rotatable bonds is 3. The predicted octanol–water partition coefficient (Wildman–Crippen LogP) is 3.56. The van der Waals surface area contributed by atoms with E-state index in [1.165, 1.54) is 0 Å². The van der Waals surface area contributed by atoms with Crippen LogP contribution >= 0.6 is 0 Å². The highest BCUT2D eigenvalue weighted by atomic mass is 16.6. The van der Waals surface area contributed by atoms with Gasteiger partial charge in [-0.1, -0.05) is 6.07 Å². The Balaban J connectivity index is 1.89. The van der Waals surface area contributed by atoms with E-state index in [4.69, 9.17) is 9.47 Å². The average molecular weight is 306 g/mol. The molecule has 1 fully saturated rings. The second-order valence-electron chi connectivity index (χ2n) is 6.72. The van der Waals surface area contributed by atoms with Crippen molar-refractivity contribution < 1.29 is 14.3 Å². The highest BCUT2D eigenvalue weighted by Gasteiger charge is 2.29. The first kappa shape index (κ1) is 16.7. The van der Waals surface area contributed by atoms with E-state index in [-0.39, 0.29) is 18.3 Å². The van der Waals surface area contributed by atoms with Crippen molar-refractivity contribution >= 4 is 6.09 Å². The molecule has 0 N–H and O–H groups in total. The summed E-state index contributed by atoms with van der Waals surface area (Å²) in [5.41, 5.74) is 0.448. The van der Waals surface area contributed by atoms with Gasteiger partial charge in [0.15, 0.2) is 0 Å². The van der Waals surface area contributed by atoms with Crippen LogP contribution in [0.3, 0.4) is 0 Å². The molecule has 5 nitrogen and oxygen atoms in total. The molecule has 1 aliphatic rings. The molecule has 1 saturated heterocycles. The van der Waals surface area contributed by atoms with Gasteiger partial charge in [-0.25, -0.2) is 4.79 Å². The summed E-state index contributed by atoms with van der Waals surface area (Å²) in [4.78, 5) is 18.2. The number of likely N-dealkylation sites (tertiary alicyclic amines) is 1. The van der Waals surface area contributed by atoms with Crippen LogP contribution in [0.25, 0.3) is 0 Å². The molecule has 0 spiro atoms. The fraction of sp³-hybridized carbons (Fsp3) is 0.647. The standard InChI is InChI=1S/C17H26N2O3/c1-13(15-9-5-6-10-18-15)21-14-8-7-11-19(12-14)16(20)22-17(2,3)4/h5-6,9-10,13-14H,7-8,11-12H2,1-4H3/t13-,14-/m0/s1. The lowest BCUT2D eigenvalue weighted by molar-refractivity contribution is -0.0497. The number of piperidine rings is 1. The summed E-state index contributed by atoms with van der Waals surface area (Å²) in [6.45, 7) is 8.94. The van der Waals surface area contributed by atoms with Crippen molar-refractivity contribution in [3.8, 4) is 0 Å². The van der Waals surface area contributed by atoms with Crippen molar-refractivity contribution in [2.75, 3.05) is 13.1 Å². The van der Waals surface area contributed by atoms with Crippen molar-refractivity contribution in [2.45, 2.75) is 58.3 Å². The second-order valence-corrected chi connectivity index (χ2v) is 6.72. The molecule has 0 bridgehead atoms. The van der Waals surface area contributed by atoms with Crippen LogP contribution in [-0.4, -0.2) is 40.8 Å². The number of amides is 1. The monoisotopic (exact) mass is 306 g/mol. The minimum absolute atomic E-state index is 0.0262. The molecule has 5 heteroatoms. The van der Waals surface area contributed by atoms with Gasteiger partial charge in [0.1, 0.15) is 5.60 Å². The first-order valence-corrected chi connectivity index (χ1v) is 7.89. The quantitative estimate of drug-likeness (QED) is 0.857. The third-order valence-corrected chi connectivity index (χ3v) is 3.53. The summed E-state index contributed by atoms with van der Waals surface area (Å²) in [5.74, 6) is 0. The first-order chi connectivity index (χ1) is 10.3. The summed E-state index contributed by atoms with van der Waals surface area (Å²) in [5, 5.41) is 0. The van der Waals surface area contributed by atoms with Gasteiger partial charge in [-0.3, -0.25) is 4.98 Å². The number of pyridine rings is 1. The summed E-state index contributed by atoms with van der Waals surface area (Å²) in [6.07, 6.45) is 3.34. The molecule has 1 aliphatic heterocycles. The molecule has 0 saturated carbocycles. The van der Waals surface area contributed by atoms with E-state index in [0.717, 1.165) is 25.1 Å². The van der Waals surface area contributed by atoms with E-state index >= 15 is 0 Å². The minimum atomic E-state index is -0.466. The van der Waals surface area contributed by atoms with E-state index in [1.807, 2.05) is 45.9 Å². The van der Waals surface area contributed by atoms with Crippen LogP contribution in [0.5, 0.6) is 0 Å². The van der Waals surface area contributed by atoms with Crippen molar-refractivity contribution in [2.24, 2.45) is 0 Å². The molecule has 0 radical (unpaired) electrons. The van der Waals surface area contributed by atoms with Crippen molar-refractivity contribution in [1.29, 1.82) is 0 Å². The second kappa shape index (κ2) is 7.09. The Labute approximate surface area is 132 Å². The van der Waals surface area contributed by atoms with Crippen molar-refractivity contribution in [3.63, 3.8) is 0 Å². The number of ether oxygens (including phenoxy) is 2. The number of aromatic nitrogens is 1. The smallest absolute Gasteiger partial charge is 0.410 e. The summed E-state index contributed by atoms with van der Waals surface area (Å²) in [6, 6.07) is 5.80. The molecule has 22 heavy (non-hydrogen) atoms. The van der Waals surface area contributed by atoms with Gasteiger partial charge in [0.25, 0.3) is 0 Å². The molecule has 2 atom stereocenters.